The lowest BCUT2D eigenvalue weighted by Gasteiger charge is -2.20. The molecule has 0 radical (unpaired) electrons. The Kier molecular flexibility index (Phi) is 5.42. The molecule has 1 saturated heterocycles. The van der Waals surface area contributed by atoms with E-state index >= 15 is 0 Å². The summed E-state index contributed by atoms with van der Waals surface area (Å²) in [7, 11) is 2.07. The molecule has 3 heteroatoms. The molecule has 3 nitrogen and oxygen atoms in total. The highest BCUT2D eigenvalue weighted by atomic mass is 15.1. The van der Waals surface area contributed by atoms with Crippen LogP contribution in [-0.4, -0.2) is 23.5 Å². The number of allylic oxidation sites excluding steroid dienone is 3. The quantitative estimate of drug-likeness (QED) is 0.627. The first-order valence-electron chi connectivity index (χ1n) is 9.44. The highest BCUT2D eigenvalue weighted by Crippen LogP contribution is 2.37. The maximum atomic E-state index is 6.13. The topological polar surface area (TPSA) is 42.1 Å². The van der Waals surface area contributed by atoms with Gasteiger partial charge in [0.25, 0.3) is 0 Å². The molecule has 1 aromatic carbocycles. The van der Waals surface area contributed by atoms with Crippen LogP contribution in [-0.2, 0) is 0 Å². The molecule has 0 amide bonds. The van der Waals surface area contributed by atoms with E-state index in [-0.39, 0.29) is 5.41 Å². The standard InChI is InChI=1S/C25H27N3/c1-6-8-22(26)24-18(2)11-12-23(27-24)21-10-7-9-20(17-21)13-14-25(4)15-16-28(5)19(25)3/h6-12,17H,1,3,15-16,26H2,2,4-5H3/b22-8+. The fourth-order valence-corrected chi connectivity index (χ4v) is 3.38. The second-order valence-corrected chi connectivity index (χ2v) is 7.50. The maximum Gasteiger partial charge on any atom is 0.0895 e. The Bertz CT molecular complexity index is 1020. The molecular formula is C25H27N3. The summed E-state index contributed by atoms with van der Waals surface area (Å²) >= 11 is 0. The first-order chi connectivity index (χ1) is 13.3. The monoisotopic (exact) mass is 369 g/mol. The van der Waals surface area contributed by atoms with Crippen LogP contribution in [0.2, 0.25) is 0 Å². The van der Waals surface area contributed by atoms with Gasteiger partial charge in [-0.1, -0.05) is 49.3 Å². The molecule has 28 heavy (non-hydrogen) atoms. The number of aryl methyl sites for hydroxylation is 1. The van der Waals surface area contributed by atoms with Crippen LogP contribution in [0.4, 0.5) is 0 Å². The SMILES string of the molecule is C=C/C=C(/N)c1nc(-c2cccc(C#CC3(C)CCN(C)C3=C)c2)ccc1C. The normalized spacial score (nSPS) is 19.3. The molecule has 1 unspecified atom stereocenters. The van der Waals surface area contributed by atoms with Crippen molar-refractivity contribution in [3.05, 3.63) is 84.2 Å². The van der Waals surface area contributed by atoms with E-state index in [0.717, 1.165) is 46.7 Å². The van der Waals surface area contributed by atoms with E-state index < -0.39 is 0 Å². The average Bonchev–Trinajstić information content (AvgIpc) is 2.95. The van der Waals surface area contributed by atoms with Gasteiger partial charge in [-0.2, -0.15) is 0 Å². The van der Waals surface area contributed by atoms with E-state index in [9.17, 15) is 0 Å². The van der Waals surface area contributed by atoms with Gasteiger partial charge >= 0.3 is 0 Å². The zero-order chi connectivity index (χ0) is 20.3. The molecule has 1 aliphatic rings. The molecule has 1 fully saturated rings. The lowest BCUT2D eigenvalue weighted by Crippen LogP contribution is -2.16. The summed E-state index contributed by atoms with van der Waals surface area (Å²) in [6.07, 6.45) is 4.45. The van der Waals surface area contributed by atoms with Crippen molar-refractivity contribution in [1.29, 1.82) is 0 Å². The number of rotatable bonds is 3. The largest absolute Gasteiger partial charge is 0.397 e. The summed E-state index contributed by atoms with van der Waals surface area (Å²) in [5, 5.41) is 0. The van der Waals surface area contributed by atoms with Crippen molar-refractivity contribution >= 4 is 5.70 Å². The fraction of sp³-hybridized carbons (Fsp3) is 0.240. The fourth-order valence-electron chi connectivity index (χ4n) is 3.38. The zero-order valence-electron chi connectivity index (χ0n) is 16.9. The highest BCUT2D eigenvalue weighted by Gasteiger charge is 2.34. The number of hydrogen-bond acceptors (Lipinski definition) is 3. The highest BCUT2D eigenvalue weighted by molar-refractivity contribution is 5.69. The Labute approximate surface area is 168 Å². The molecule has 1 aromatic heterocycles. The molecule has 142 valence electrons. The van der Waals surface area contributed by atoms with Crippen LogP contribution in [0.3, 0.4) is 0 Å². The van der Waals surface area contributed by atoms with Gasteiger partial charge < -0.3 is 10.6 Å². The molecule has 1 atom stereocenters. The first-order valence-corrected chi connectivity index (χ1v) is 9.44. The summed E-state index contributed by atoms with van der Waals surface area (Å²) in [6, 6.07) is 12.2. The van der Waals surface area contributed by atoms with Crippen LogP contribution in [0.25, 0.3) is 17.0 Å². The summed E-state index contributed by atoms with van der Waals surface area (Å²) in [5.74, 6) is 6.78. The van der Waals surface area contributed by atoms with E-state index in [0.29, 0.717) is 5.70 Å². The minimum Gasteiger partial charge on any atom is -0.397 e. The third-order valence-electron chi connectivity index (χ3n) is 5.35. The van der Waals surface area contributed by atoms with Crippen LogP contribution in [0.1, 0.15) is 30.2 Å². The number of benzene rings is 1. The van der Waals surface area contributed by atoms with Crippen molar-refractivity contribution < 1.29 is 0 Å². The number of nitrogens with zero attached hydrogens (tertiary/aromatic N) is 2. The van der Waals surface area contributed by atoms with Crippen molar-refractivity contribution in [2.45, 2.75) is 20.3 Å². The van der Waals surface area contributed by atoms with E-state index in [1.54, 1.807) is 12.2 Å². The Morgan fingerprint density at radius 2 is 2.11 bits per heavy atom. The second-order valence-electron chi connectivity index (χ2n) is 7.50. The van der Waals surface area contributed by atoms with Gasteiger partial charge in [-0.15, -0.1) is 0 Å². The van der Waals surface area contributed by atoms with Crippen molar-refractivity contribution in [3.8, 4) is 23.1 Å². The summed E-state index contributed by atoms with van der Waals surface area (Å²) < 4.78 is 0. The Morgan fingerprint density at radius 3 is 2.79 bits per heavy atom. The van der Waals surface area contributed by atoms with Gasteiger partial charge in [0.15, 0.2) is 0 Å². The molecule has 2 aromatic rings. The molecule has 3 rings (SSSR count). The number of hydrogen-bond donors (Lipinski definition) is 1. The lowest BCUT2D eigenvalue weighted by atomic mass is 9.87. The first kappa shape index (κ1) is 19.5. The molecule has 0 spiro atoms. The predicted octanol–water partition coefficient (Wildman–Crippen LogP) is 4.75. The van der Waals surface area contributed by atoms with Crippen molar-refractivity contribution in [1.82, 2.24) is 9.88 Å². The molecule has 0 bridgehead atoms. The summed E-state index contributed by atoms with van der Waals surface area (Å²) in [6.45, 7) is 13.1. The third kappa shape index (κ3) is 3.87. The van der Waals surface area contributed by atoms with Gasteiger partial charge in [0.1, 0.15) is 0 Å². The molecule has 2 heterocycles. The van der Waals surface area contributed by atoms with Gasteiger partial charge in [-0.3, -0.25) is 0 Å². The number of nitrogens with two attached hydrogens (primary N) is 1. The minimum atomic E-state index is -0.163. The van der Waals surface area contributed by atoms with E-state index in [4.69, 9.17) is 10.7 Å². The van der Waals surface area contributed by atoms with Crippen LogP contribution < -0.4 is 5.73 Å². The van der Waals surface area contributed by atoms with Gasteiger partial charge in [0.05, 0.1) is 22.5 Å². The zero-order valence-corrected chi connectivity index (χ0v) is 16.9. The third-order valence-corrected chi connectivity index (χ3v) is 5.35. The number of pyridine rings is 1. The number of likely N-dealkylation sites (tertiary alicyclic amines) is 1. The van der Waals surface area contributed by atoms with Crippen molar-refractivity contribution in [2.75, 3.05) is 13.6 Å². The van der Waals surface area contributed by atoms with E-state index in [1.807, 2.05) is 37.3 Å². The second kappa shape index (κ2) is 7.78. The molecule has 0 aliphatic carbocycles. The minimum absolute atomic E-state index is 0.163. The average molecular weight is 370 g/mol. The molecular weight excluding hydrogens is 342 g/mol. The van der Waals surface area contributed by atoms with Gasteiger partial charge in [0.2, 0.25) is 0 Å². The Hall–Kier alpha value is -3.25. The smallest absolute Gasteiger partial charge is 0.0895 e. The van der Waals surface area contributed by atoms with Gasteiger partial charge in [-0.25, -0.2) is 4.98 Å². The summed E-state index contributed by atoms with van der Waals surface area (Å²) in [5.41, 5.74) is 12.4. The lowest BCUT2D eigenvalue weighted by molar-refractivity contribution is 0.470. The van der Waals surface area contributed by atoms with Crippen LogP contribution >= 0.6 is 0 Å². The molecule has 0 saturated carbocycles. The number of aromatic nitrogens is 1. The summed E-state index contributed by atoms with van der Waals surface area (Å²) in [4.78, 5) is 6.95. The van der Waals surface area contributed by atoms with Crippen LogP contribution in [0, 0.1) is 24.2 Å². The molecule has 2 N–H and O–H groups in total. The van der Waals surface area contributed by atoms with Gasteiger partial charge in [-0.05, 0) is 50.1 Å². The Balaban J connectivity index is 1.94. The molecule has 1 aliphatic heterocycles. The van der Waals surface area contributed by atoms with Crippen LogP contribution in [0.15, 0.2) is 67.4 Å². The van der Waals surface area contributed by atoms with Crippen molar-refractivity contribution in [3.63, 3.8) is 0 Å². The van der Waals surface area contributed by atoms with Crippen molar-refractivity contribution in [2.24, 2.45) is 11.1 Å². The maximum absolute atomic E-state index is 6.13. The Morgan fingerprint density at radius 1 is 1.32 bits per heavy atom. The van der Waals surface area contributed by atoms with E-state index in [1.165, 1.54) is 0 Å². The van der Waals surface area contributed by atoms with E-state index in [2.05, 4.69) is 49.9 Å². The van der Waals surface area contributed by atoms with Crippen LogP contribution in [0.5, 0.6) is 0 Å². The predicted molar refractivity (Wildman–Crippen MR) is 118 cm³/mol. The van der Waals surface area contributed by atoms with Gasteiger partial charge in [0, 0.05) is 30.4 Å².